The lowest BCUT2D eigenvalue weighted by Gasteiger charge is -2.22. The van der Waals surface area contributed by atoms with Crippen LogP contribution in [0.15, 0.2) is 36.4 Å². The van der Waals surface area contributed by atoms with Crippen molar-refractivity contribution in [3.8, 4) is 0 Å². The molecule has 0 fully saturated rings. The second-order valence-corrected chi connectivity index (χ2v) is 6.78. The molecule has 0 aliphatic carbocycles. The normalized spacial score (nSPS) is 14.4. The molecule has 0 aromatic heterocycles. The molecule has 2 aromatic rings. The minimum Gasteiger partial charge on any atom is -0.324 e. The quantitative estimate of drug-likeness (QED) is 0.796. The first-order chi connectivity index (χ1) is 12.3. The fourth-order valence-electron chi connectivity index (χ4n) is 2.91. The molecule has 2 aromatic carbocycles. The number of rotatable bonds is 4. The third-order valence-electron chi connectivity index (χ3n) is 4.38. The van der Waals surface area contributed by atoms with Crippen molar-refractivity contribution in [2.24, 2.45) is 0 Å². The third-order valence-corrected chi connectivity index (χ3v) is 5.10. The summed E-state index contributed by atoms with van der Waals surface area (Å²) in [6.07, 6.45) is 0.745. The van der Waals surface area contributed by atoms with E-state index in [-0.39, 0.29) is 21.2 Å². The van der Waals surface area contributed by atoms with E-state index in [1.54, 1.807) is 6.07 Å². The van der Waals surface area contributed by atoms with Crippen LogP contribution in [0.5, 0.6) is 0 Å². The van der Waals surface area contributed by atoms with E-state index in [0.717, 1.165) is 16.9 Å². The summed E-state index contributed by atoms with van der Waals surface area (Å²) in [7, 11) is 0. The summed E-state index contributed by atoms with van der Waals surface area (Å²) in [6, 6.07) is 9.12. The molecule has 7 heteroatoms. The average molecular weight is 391 g/mol. The molecule has 1 unspecified atom stereocenters. The van der Waals surface area contributed by atoms with Crippen molar-refractivity contribution in [3.05, 3.63) is 63.1 Å². The van der Waals surface area contributed by atoms with Gasteiger partial charge in [-0.3, -0.25) is 19.3 Å². The van der Waals surface area contributed by atoms with Crippen LogP contribution in [-0.4, -0.2) is 28.7 Å². The molecular formula is C19H16Cl2N2O3. The van der Waals surface area contributed by atoms with E-state index in [0.29, 0.717) is 5.69 Å². The van der Waals surface area contributed by atoms with Crippen LogP contribution in [0, 0.1) is 0 Å². The first-order valence-corrected chi connectivity index (χ1v) is 8.86. The fourth-order valence-corrected chi connectivity index (χ4v) is 3.24. The predicted molar refractivity (Wildman–Crippen MR) is 101 cm³/mol. The first-order valence-electron chi connectivity index (χ1n) is 8.10. The average Bonchev–Trinajstić information content (AvgIpc) is 2.85. The number of carbonyl (C=O) groups excluding carboxylic acids is 3. The number of amides is 3. The molecule has 0 bridgehead atoms. The van der Waals surface area contributed by atoms with Crippen LogP contribution in [-0.2, 0) is 11.2 Å². The SMILES string of the molecule is CCc1ccccc1NC(=O)C(C)N1C(=O)c2cc(Cl)c(Cl)cc2C1=O. The molecule has 0 radical (unpaired) electrons. The lowest BCUT2D eigenvalue weighted by Crippen LogP contribution is -2.45. The van der Waals surface area contributed by atoms with Crippen molar-refractivity contribution in [2.75, 3.05) is 5.32 Å². The zero-order valence-electron chi connectivity index (χ0n) is 14.2. The second kappa shape index (κ2) is 7.09. The number of hydrogen-bond donors (Lipinski definition) is 1. The van der Waals surface area contributed by atoms with Crippen LogP contribution in [0.4, 0.5) is 5.69 Å². The van der Waals surface area contributed by atoms with E-state index in [4.69, 9.17) is 23.2 Å². The summed E-state index contributed by atoms with van der Waals surface area (Å²) in [5, 5.41) is 3.16. The zero-order valence-corrected chi connectivity index (χ0v) is 15.7. The molecule has 134 valence electrons. The lowest BCUT2D eigenvalue weighted by molar-refractivity contribution is -0.119. The highest BCUT2D eigenvalue weighted by molar-refractivity contribution is 6.43. The van der Waals surface area contributed by atoms with E-state index >= 15 is 0 Å². The maximum absolute atomic E-state index is 12.6. The molecule has 0 saturated carbocycles. The molecule has 5 nitrogen and oxygen atoms in total. The topological polar surface area (TPSA) is 66.5 Å². The van der Waals surface area contributed by atoms with Crippen LogP contribution < -0.4 is 5.32 Å². The molecule has 26 heavy (non-hydrogen) atoms. The van der Waals surface area contributed by atoms with Crippen LogP contribution in [0.3, 0.4) is 0 Å². The van der Waals surface area contributed by atoms with E-state index in [9.17, 15) is 14.4 Å². The summed E-state index contributed by atoms with van der Waals surface area (Å²) < 4.78 is 0. The Morgan fingerprint density at radius 1 is 1.08 bits per heavy atom. The number of carbonyl (C=O) groups is 3. The van der Waals surface area contributed by atoms with Crippen molar-refractivity contribution < 1.29 is 14.4 Å². The molecule has 1 heterocycles. The van der Waals surface area contributed by atoms with Gasteiger partial charge in [0.2, 0.25) is 5.91 Å². The summed E-state index contributed by atoms with van der Waals surface area (Å²) >= 11 is 11.9. The zero-order chi connectivity index (χ0) is 19.0. The van der Waals surface area contributed by atoms with Gasteiger partial charge in [0.1, 0.15) is 6.04 Å². The number of fused-ring (bicyclic) bond motifs is 1. The maximum Gasteiger partial charge on any atom is 0.262 e. The van der Waals surface area contributed by atoms with Crippen molar-refractivity contribution >= 4 is 46.6 Å². The van der Waals surface area contributed by atoms with Crippen LogP contribution in [0.25, 0.3) is 0 Å². The highest BCUT2D eigenvalue weighted by Crippen LogP contribution is 2.32. The van der Waals surface area contributed by atoms with Gasteiger partial charge in [-0.2, -0.15) is 0 Å². The van der Waals surface area contributed by atoms with Crippen molar-refractivity contribution in [3.63, 3.8) is 0 Å². The van der Waals surface area contributed by atoms with Gasteiger partial charge in [0.05, 0.1) is 21.2 Å². The summed E-state index contributed by atoms with van der Waals surface area (Å²) in [5.74, 6) is -1.57. The van der Waals surface area contributed by atoms with Gasteiger partial charge in [0.15, 0.2) is 0 Å². The minimum atomic E-state index is -0.982. The van der Waals surface area contributed by atoms with Gasteiger partial charge >= 0.3 is 0 Å². The summed E-state index contributed by atoms with van der Waals surface area (Å²) in [6.45, 7) is 3.49. The Morgan fingerprint density at radius 3 is 2.15 bits per heavy atom. The Balaban J connectivity index is 1.86. The second-order valence-electron chi connectivity index (χ2n) is 5.97. The van der Waals surface area contributed by atoms with E-state index in [1.807, 2.05) is 25.1 Å². The highest BCUT2D eigenvalue weighted by Gasteiger charge is 2.41. The number of aryl methyl sites for hydroxylation is 1. The van der Waals surface area contributed by atoms with Gasteiger partial charge in [-0.25, -0.2) is 0 Å². The smallest absolute Gasteiger partial charge is 0.262 e. The molecule has 0 spiro atoms. The van der Waals surface area contributed by atoms with Crippen LogP contribution >= 0.6 is 23.2 Å². The first kappa shape index (κ1) is 18.4. The summed E-state index contributed by atoms with van der Waals surface area (Å²) in [5.41, 5.74) is 1.93. The number of anilines is 1. The van der Waals surface area contributed by atoms with Crippen LogP contribution in [0.2, 0.25) is 10.0 Å². The lowest BCUT2D eigenvalue weighted by atomic mass is 10.1. The maximum atomic E-state index is 12.6. The molecule has 1 N–H and O–H groups in total. The molecular weight excluding hydrogens is 375 g/mol. The predicted octanol–water partition coefficient (Wildman–Crippen LogP) is 4.18. The largest absolute Gasteiger partial charge is 0.324 e. The van der Waals surface area contributed by atoms with Gasteiger partial charge in [-0.05, 0) is 37.1 Å². The Kier molecular flexibility index (Phi) is 5.03. The Labute approximate surface area is 160 Å². The molecule has 3 amide bonds. The minimum absolute atomic E-state index is 0.151. The number of nitrogens with one attached hydrogen (secondary N) is 1. The van der Waals surface area contributed by atoms with Crippen LogP contribution in [0.1, 0.15) is 40.1 Å². The number of benzene rings is 2. The highest BCUT2D eigenvalue weighted by atomic mass is 35.5. The fraction of sp³-hybridized carbons (Fsp3) is 0.211. The number of imide groups is 1. The molecule has 1 aliphatic rings. The van der Waals surface area contributed by atoms with Gasteiger partial charge in [0.25, 0.3) is 11.8 Å². The van der Waals surface area contributed by atoms with Gasteiger partial charge in [0, 0.05) is 5.69 Å². The van der Waals surface area contributed by atoms with Gasteiger partial charge < -0.3 is 5.32 Å². The number of halogens is 2. The van der Waals surface area contributed by atoms with Crippen molar-refractivity contribution in [1.29, 1.82) is 0 Å². The van der Waals surface area contributed by atoms with Crippen molar-refractivity contribution in [1.82, 2.24) is 4.90 Å². The molecule has 1 atom stereocenters. The molecule has 1 aliphatic heterocycles. The van der Waals surface area contributed by atoms with Gasteiger partial charge in [-0.15, -0.1) is 0 Å². The molecule has 0 saturated heterocycles. The van der Waals surface area contributed by atoms with E-state index < -0.39 is 23.8 Å². The number of hydrogen-bond acceptors (Lipinski definition) is 3. The monoisotopic (exact) mass is 390 g/mol. The summed E-state index contributed by atoms with van der Waals surface area (Å²) in [4.78, 5) is 38.8. The van der Waals surface area contributed by atoms with E-state index in [1.165, 1.54) is 19.1 Å². The third kappa shape index (κ3) is 3.08. The number of para-hydroxylation sites is 1. The Hall–Kier alpha value is -2.37. The standard InChI is InChI=1S/C19H16Cl2N2O3/c1-3-11-6-4-5-7-16(11)22-17(24)10(2)23-18(25)12-8-14(20)15(21)9-13(12)19(23)26/h4-10H,3H2,1-2H3,(H,22,24). The van der Waals surface area contributed by atoms with Gasteiger partial charge in [-0.1, -0.05) is 48.3 Å². The van der Waals surface area contributed by atoms with Crippen molar-refractivity contribution in [2.45, 2.75) is 26.3 Å². The molecule has 3 rings (SSSR count). The Bertz CT molecular complexity index is 886. The number of nitrogens with zero attached hydrogens (tertiary/aromatic N) is 1. The van der Waals surface area contributed by atoms with E-state index in [2.05, 4.69) is 5.32 Å². The Morgan fingerprint density at radius 2 is 1.62 bits per heavy atom.